The number of fused-ring (bicyclic) bond motifs is 1. The molecule has 14 heteroatoms. The lowest BCUT2D eigenvalue weighted by Crippen LogP contribution is -2.24. The zero-order chi connectivity index (χ0) is 29.5. The third kappa shape index (κ3) is 8.23. The Balaban J connectivity index is 1.71. The fourth-order valence-electron chi connectivity index (χ4n) is 3.92. The van der Waals surface area contributed by atoms with Crippen molar-refractivity contribution >= 4 is 44.8 Å². The van der Waals surface area contributed by atoms with E-state index >= 15 is 0 Å². The van der Waals surface area contributed by atoms with Crippen LogP contribution in [0.3, 0.4) is 0 Å². The smallest absolute Gasteiger partial charge is 0.356 e. The van der Waals surface area contributed by atoms with Crippen molar-refractivity contribution in [2.75, 3.05) is 17.0 Å². The number of sulfonamides is 1. The summed E-state index contributed by atoms with van der Waals surface area (Å²) >= 11 is 2.83. The summed E-state index contributed by atoms with van der Waals surface area (Å²) in [6.45, 7) is 6.39. The Hall–Kier alpha value is -2.58. The van der Waals surface area contributed by atoms with Crippen LogP contribution in [0.1, 0.15) is 68.0 Å². The molecule has 2 heterocycles. The highest BCUT2D eigenvalue weighted by atomic mass is 32.2. The van der Waals surface area contributed by atoms with E-state index in [4.69, 9.17) is 0 Å². The Labute approximate surface area is 240 Å². The van der Waals surface area contributed by atoms with Crippen molar-refractivity contribution in [3.8, 4) is 5.69 Å². The van der Waals surface area contributed by atoms with Crippen LogP contribution in [-0.4, -0.2) is 36.2 Å². The Morgan fingerprint density at radius 3 is 2.42 bits per heavy atom. The van der Waals surface area contributed by atoms with Gasteiger partial charge in [0, 0.05) is 23.5 Å². The molecule has 1 aromatic rings. The van der Waals surface area contributed by atoms with E-state index in [0.29, 0.717) is 52.9 Å². The van der Waals surface area contributed by atoms with Crippen molar-refractivity contribution in [3.63, 3.8) is 0 Å². The zero-order valence-electron chi connectivity index (χ0n) is 22.6. The minimum Gasteiger partial charge on any atom is -0.356 e. The van der Waals surface area contributed by atoms with Gasteiger partial charge in [-0.15, -0.1) is 23.1 Å². The van der Waals surface area contributed by atoms with Crippen LogP contribution in [0.25, 0.3) is 5.69 Å². The molecule has 40 heavy (non-hydrogen) atoms. The molecule has 0 aromatic heterocycles. The highest BCUT2D eigenvalue weighted by Crippen LogP contribution is 2.39. The highest BCUT2D eigenvalue weighted by molar-refractivity contribution is 8.01. The van der Waals surface area contributed by atoms with Crippen LogP contribution in [-0.2, 0) is 21.0 Å². The molecule has 220 valence electrons. The first-order valence-corrected chi connectivity index (χ1v) is 16.3. The number of anilines is 1. The molecule has 2 aliphatic rings. The van der Waals surface area contributed by atoms with Gasteiger partial charge in [-0.05, 0) is 63.1 Å². The van der Waals surface area contributed by atoms with E-state index in [1.54, 1.807) is 6.92 Å². The molecule has 0 fully saturated rings. The monoisotopic (exact) mass is 618 g/mol. The van der Waals surface area contributed by atoms with Gasteiger partial charge < -0.3 is 5.32 Å². The van der Waals surface area contributed by atoms with Crippen LogP contribution in [0.4, 0.5) is 19.0 Å². The van der Waals surface area contributed by atoms with Gasteiger partial charge in [0.15, 0.2) is 5.82 Å². The molecular formula is C26H33F3N4O4S3. The number of halogens is 3. The van der Waals surface area contributed by atoms with Gasteiger partial charge in [-0.2, -0.15) is 18.2 Å². The van der Waals surface area contributed by atoms with Crippen molar-refractivity contribution in [1.29, 1.82) is 0 Å². The summed E-state index contributed by atoms with van der Waals surface area (Å²) in [5.74, 6) is 0.460. The Bertz CT molecular complexity index is 1430. The lowest BCUT2D eigenvalue weighted by Gasteiger charge is -2.16. The van der Waals surface area contributed by atoms with Gasteiger partial charge >= 0.3 is 11.9 Å². The molecular weight excluding hydrogens is 586 g/mol. The van der Waals surface area contributed by atoms with Gasteiger partial charge in [-0.3, -0.25) is 14.1 Å². The van der Waals surface area contributed by atoms with Crippen LogP contribution >= 0.6 is 23.1 Å². The Morgan fingerprint density at radius 2 is 1.77 bits per heavy atom. The molecule has 0 unspecified atom stereocenters. The van der Waals surface area contributed by atoms with E-state index < -0.39 is 27.5 Å². The standard InChI is InChI=1S/C26H33F3N4O4S3/c1-4-5-6-8-15-30-21(34)10-7-9-16-38-24-22-23(31-25(35)33(22)17(2)18(3)39-24)32-40(36,37)20-13-11-19(12-14-20)26(27,28)29/h11-14H,4-10,15-16H2,1-3H3,(H,30,34)(H,31,32,35). The normalized spacial score (nSPS) is 12.2. The molecule has 2 aliphatic heterocycles. The maximum absolute atomic E-state index is 13.0. The predicted octanol–water partition coefficient (Wildman–Crippen LogP) is 6.13. The van der Waals surface area contributed by atoms with E-state index in [1.165, 1.54) is 27.7 Å². The highest BCUT2D eigenvalue weighted by Gasteiger charge is 2.31. The molecule has 0 saturated heterocycles. The first-order valence-electron chi connectivity index (χ1n) is 13.0. The fourth-order valence-corrected chi connectivity index (χ4v) is 7.45. The van der Waals surface area contributed by atoms with E-state index in [0.717, 1.165) is 49.1 Å². The number of aromatic nitrogens is 2. The third-order valence-corrected chi connectivity index (χ3v) is 10.1. The third-order valence-electron chi connectivity index (χ3n) is 6.24. The number of benzene rings is 1. The number of carbonyl (C=O) groups is 1. The summed E-state index contributed by atoms with van der Waals surface area (Å²) in [6, 6.07) is 3.08. The first kappa shape index (κ1) is 31.9. The van der Waals surface area contributed by atoms with Crippen LogP contribution in [0.2, 0.25) is 0 Å². The number of thioether (sulfide) groups is 1. The second kappa shape index (κ2) is 13.9. The summed E-state index contributed by atoms with van der Waals surface area (Å²) in [5.41, 5.74) is -0.733. The van der Waals surface area contributed by atoms with Crippen molar-refractivity contribution in [2.24, 2.45) is 0 Å². The van der Waals surface area contributed by atoms with Crippen molar-refractivity contribution in [3.05, 3.63) is 50.9 Å². The molecule has 8 nitrogen and oxygen atoms in total. The minimum absolute atomic E-state index is 0.0182. The predicted molar refractivity (Wildman–Crippen MR) is 152 cm³/mol. The van der Waals surface area contributed by atoms with Crippen molar-refractivity contribution in [2.45, 2.75) is 81.0 Å². The number of carbonyl (C=O) groups excluding carboxylic acids is 1. The lowest BCUT2D eigenvalue weighted by molar-refractivity contribution is -0.137. The van der Waals surface area contributed by atoms with Crippen LogP contribution in [0.15, 0.2) is 38.2 Å². The molecule has 0 radical (unpaired) electrons. The minimum atomic E-state index is -4.60. The summed E-state index contributed by atoms with van der Waals surface area (Å²) in [4.78, 5) is 29.2. The molecule has 3 rings (SSSR count). The van der Waals surface area contributed by atoms with E-state index in [-0.39, 0.29) is 16.6 Å². The Kier molecular flexibility index (Phi) is 11.1. The molecule has 1 amide bonds. The number of aryl methyl sites for hydroxylation is 1. The van der Waals surface area contributed by atoms with Gasteiger partial charge in [-0.1, -0.05) is 26.2 Å². The van der Waals surface area contributed by atoms with E-state index in [2.05, 4.69) is 21.9 Å². The number of nitrogens with one attached hydrogen (secondary N) is 2. The second-order valence-electron chi connectivity index (χ2n) is 9.30. The summed E-state index contributed by atoms with van der Waals surface area (Å²) < 4.78 is 69.0. The largest absolute Gasteiger partial charge is 0.416 e. The summed E-state index contributed by atoms with van der Waals surface area (Å²) in [6.07, 6.45) is 1.58. The topological polar surface area (TPSA) is 110 Å². The first-order chi connectivity index (χ1) is 18.8. The quantitative estimate of drug-likeness (QED) is 0.166. The second-order valence-corrected chi connectivity index (χ2v) is 13.6. The number of imidazole rings is 1. The molecule has 2 N–H and O–H groups in total. The summed E-state index contributed by atoms with van der Waals surface area (Å²) in [7, 11) is -4.33. The Morgan fingerprint density at radius 1 is 1.07 bits per heavy atom. The van der Waals surface area contributed by atoms with Crippen molar-refractivity contribution in [1.82, 2.24) is 14.9 Å². The van der Waals surface area contributed by atoms with Gasteiger partial charge in [0.05, 0.1) is 14.7 Å². The van der Waals surface area contributed by atoms with E-state index in [1.807, 2.05) is 6.92 Å². The number of rotatable bonds is 14. The van der Waals surface area contributed by atoms with E-state index in [9.17, 15) is 31.2 Å². The molecule has 0 spiro atoms. The number of alkyl halides is 3. The molecule has 0 saturated carbocycles. The SMILES string of the molecule is CCCCCCNC(=O)CCCCSc1sc(C)c(C)n2c(=O)nc(NS(=O)(=O)c3ccc(C(F)(F)F)cc3)c1-2. The lowest BCUT2D eigenvalue weighted by atomic mass is 10.2. The zero-order valence-corrected chi connectivity index (χ0v) is 25.0. The number of nitrogens with zero attached hydrogens (tertiary/aromatic N) is 2. The van der Waals surface area contributed by atoms with Gasteiger partial charge in [0.2, 0.25) is 5.91 Å². The maximum Gasteiger partial charge on any atom is 0.416 e. The van der Waals surface area contributed by atoms with Crippen molar-refractivity contribution < 1.29 is 26.4 Å². The number of unbranched alkanes of at least 4 members (excludes halogenated alkanes) is 4. The van der Waals surface area contributed by atoms with Crippen LogP contribution < -0.4 is 15.7 Å². The molecule has 0 bridgehead atoms. The molecule has 0 atom stereocenters. The maximum atomic E-state index is 13.0. The van der Waals surface area contributed by atoms with Gasteiger partial charge in [0.25, 0.3) is 10.0 Å². The average Bonchev–Trinajstić information content (AvgIpc) is 3.21. The molecule has 0 aliphatic carbocycles. The number of hydrogen-bond donors (Lipinski definition) is 2. The number of amides is 1. The molecule has 1 aromatic carbocycles. The van der Waals surface area contributed by atoms with Gasteiger partial charge in [-0.25, -0.2) is 13.2 Å². The average molecular weight is 619 g/mol. The van der Waals surface area contributed by atoms with Gasteiger partial charge in [0.1, 0.15) is 5.69 Å². The number of hydrogen-bond acceptors (Lipinski definition) is 7. The fraction of sp³-hybridized carbons (Fsp3) is 0.500. The van der Waals surface area contributed by atoms with Crippen LogP contribution in [0, 0.1) is 13.8 Å². The summed E-state index contributed by atoms with van der Waals surface area (Å²) in [5, 5.41) is 2.93. The van der Waals surface area contributed by atoms with Crippen LogP contribution in [0.5, 0.6) is 0 Å².